The summed E-state index contributed by atoms with van der Waals surface area (Å²) in [7, 11) is 0. The minimum absolute atomic E-state index is 0.0854. The highest BCUT2D eigenvalue weighted by molar-refractivity contribution is 5.60. The fourth-order valence-electron chi connectivity index (χ4n) is 3.91. The molecule has 8 heteroatoms. The van der Waals surface area contributed by atoms with Crippen LogP contribution in [0.2, 0.25) is 0 Å². The maximum Gasteiger partial charge on any atom is 0.224 e. The Balaban J connectivity index is 1.82. The molecule has 0 spiro atoms. The molecule has 0 atom stereocenters. The number of aromatic nitrogens is 4. The normalized spacial score (nSPS) is 11.6. The third-order valence-electron chi connectivity index (χ3n) is 5.84. The Morgan fingerprint density at radius 3 is 1.53 bits per heavy atom. The molecule has 0 amide bonds. The number of hydrogen-bond acceptors (Lipinski definition) is 4. The fourth-order valence-corrected chi connectivity index (χ4v) is 3.91. The van der Waals surface area contributed by atoms with E-state index < -0.39 is 29.2 Å². The van der Waals surface area contributed by atoms with Crippen LogP contribution >= 0.6 is 0 Å². The second-order valence-electron chi connectivity index (χ2n) is 8.20. The van der Waals surface area contributed by atoms with Gasteiger partial charge in [-0.05, 0) is 61.9 Å². The Morgan fingerprint density at radius 2 is 1.12 bits per heavy atom. The van der Waals surface area contributed by atoms with E-state index in [1.807, 2.05) is 19.1 Å². The fraction of sp³-hybridized carbons (Fsp3) is 0.231. The lowest BCUT2D eigenvalue weighted by atomic mass is 9.77. The standard InChI is InChI=1S/C26H22F4N4/c1-3-4-15-26(2,20-9-5-7-18(31-20)16-11-13-22(27)33-24(16)29)21-10-6-8-19(32-21)17-12-14-23(28)34-25(17)30/h5-14H,3-4,15H2,1-2H3. The van der Waals surface area contributed by atoms with E-state index in [1.54, 1.807) is 24.3 Å². The zero-order valence-corrected chi connectivity index (χ0v) is 18.7. The number of hydrogen-bond donors (Lipinski definition) is 0. The molecule has 4 aromatic rings. The van der Waals surface area contributed by atoms with Crippen LogP contribution in [-0.2, 0) is 5.41 Å². The summed E-state index contributed by atoms with van der Waals surface area (Å²) < 4.78 is 55.2. The summed E-state index contributed by atoms with van der Waals surface area (Å²) in [6, 6.07) is 15.2. The topological polar surface area (TPSA) is 51.6 Å². The van der Waals surface area contributed by atoms with Crippen molar-refractivity contribution >= 4 is 0 Å². The summed E-state index contributed by atoms with van der Waals surface area (Å²) >= 11 is 0. The van der Waals surface area contributed by atoms with Crippen LogP contribution in [0.5, 0.6) is 0 Å². The van der Waals surface area contributed by atoms with Gasteiger partial charge in [-0.15, -0.1) is 0 Å². The first-order valence-corrected chi connectivity index (χ1v) is 10.9. The summed E-state index contributed by atoms with van der Waals surface area (Å²) in [5, 5.41) is 0. The SMILES string of the molecule is CCCCC(C)(c1cccc(-c2ccc(F)nc2F)n1)c1cccc(-c2ccc(F)nc2F)n1. The Kier molecular flexibility index (Phi) is 6.68. The van der Waals surface area contributed by atoms with Gasteiger partial charge < -0.3 is 0 Å². The van der Waals surface area contributed by atoms with Gasteiger partial charge in [0, 0.05) is 0 Å². The van der Waals surface area contributed by atoms with Crippen molar-refractivity contribution in [2.24, 2.45) is 0 Å². The zero-order chi connectivity index (χ0) is 24.3. The van der Waals surface area contributed by atoms with Gasteiger partial charge in [-0.1, -0.05) is 31.9 Å². The van der Waals surface area contributed by atoms with Crippen molar-refractivity contribution in [1.29, 1.82) is 0 Å². The van der Waals surface area contributed by atoms with Crippen LogP contribution in [0, 0.1) is 23.8 Å². The minimum Gasteiger partial charge on any atom is -0.252 e. The predicted molar refractivity (Wildman–Crippen MR) is 121 cm³/mol. The van der Waals surface area contributed by atoms with Crippen LogP contribution in [0.4, 0.5) is 17.6 Å². The third-order valence-corrected chi connectivity index (χ3v) is 5.84. The Bertz CT molecular complexity index is 1230. The number of halogens is 4. The average molecular weight is 466 g/mol. The number of pyridine rings is 4. The van der Waals surface area contributed by atoms with Crippen LogP contribution < -0.4 is 0 Å². The first-order valence-electron chi connectivity index (χ1n) is 10.9. The second kappa shape index (κ2) is 9.67. The van der Waals surface area contributed by atoms with Gasteiger partial charge in [0.15, 0.2) is 0 Å². The van der Waals surface area contributed by atoms with Crippen molar-refractivity contribution in [1.82, 2.24) is 19.9 Å². The molecule has 0 unspecified atom stereocenters. The van der Waals surface area contributed by atoms with Crippen molar-refractivity contribution < 1.29 is 17.6 Å². The van der Waals surface area contributed by atoms with E-state index in [4.69, 9.17) is 0 Å². The summed E-state index contributed by atoms with van der Waals surface area (Å²) in [6.07, 6.45) is 2.44. The molecule has 174 valence electrons. The molecule has 4 nitrogen and oxygen atoms in total. The lowest BCUT2D eigenvalue weighted by Crippen LogP contribution is -2.27. The quantitative estimate of drug-likeness (QED) is 0.226. The molecule has 0 aromatic carbocycles. The van der Waals surface area contributed by atoms with Gasteiger partial charge in [0.05, 0.1) is 39.3 Å². The lowest BCUT2D eigenvalue weighted by molar-refractivity contribution is 0.468. The zero-order valence-electron chi connectivity index (χ0n) is 18.7. The number of nitrogens with zero attached hydrogens (tertiary/aromatic N) is 4. The van der Waals surface area contributed by atoms with Crippen LogP contribution in [0.1, 0.15) is 44.5 Å². The molecule has 0 radical (unpaired) electrons. The molecule has 4 rings (SSSR count). The van der Waals surface area contributed by atoms with Gasteiger partial charge in [-0.25, -0.2) is 0 Å². The summed E-state index contributed by atoms with van der Waals surface area (Å²) in [5.74, 6) is -3.71. The van der Waals surface area contributed by atoms with Crippen LogP contribution in [0.15, 0.2) is 60.7 Å². The van der Waals surface area contributed by atoms with Crippen molar-refractivity contribution in [3.8, 4) is 22.5 Å². The third kappa shape index (κ3) is 4.66. The monoisotopic (exact) mass is 466 g/mol. The maximum atomic E-state index is 14.3. The minimum atomic E-state index is -0.945. The molecule has 4 aromatic heterocycles. The molecule has 4 heterocycles. The van der Waals surface area contributed by atoms with E-state index in [0.29, 0.717) is 29.2 Å². The van der Waals surface area contributed by atoms with E-state index in [-0.39, 0.29) is 11.1 Å². The van der Waals surface area contributed by atoms with Gasteiger partial charge >= 0.3 is 0 Å². The van der Waals surface area contributed by atoms with E-state index >= 15 is 0 Å². The summed E-state index contributed by atoms with van der Waals surface area (Å²) in [6.45, 7) is 4.03. The maximum absolute atomic E-state index is 14.3. The van der Waals surface area contributed by atoms with Crippen LogP contribution in [0.3, 0.4) is 0 Å². The number of unbranched alkanes of at least 4 members (excludes halogenated alkanes) is 1. The van der Waals surface area contributed by atoms with Crippen molar-refractivity contribution in [2.45, 2.75) is 38.5 Å². The van der Waals surface area contributed by atoms with Crippen molar-refractivity contribution in [3.63, 3.8) is 0 Å². The largest absolute Gasteiger partial charge is 0.252 e. The van der Waals surface area contributed by atoms with Crippen molar-refractivity contribution in [2.75, 3.05) is 0 Å². The molecule has 0 aliphatic heterocycles. The highest BCUT2D eigenvalue weighted by atomic mass is 19.1. The smallest absolute Gasteiger partial charge is 0.224 e. The van der Waals surface area contributed by atoms with Crippen LogP contribution in [0.25, 0.3) is 22.5 Å². The lowest BCUT2D eigenvalue weighted by Gasteiger charge is -2.29. The highest BCUT2D eigenvalue weighted by Gasteiger charge is 2.32. The predicted octanol–water partition coefficient (Wildman–Crippen LogP) is 6.65. The van der Waals surface area contributed by atoms with E-state index in [0.717, 1.165) is 25.0 Å². The Labute approximate surface area is 194 Å². The highest BCUT2D eigenvalue weighted by Crippen LogP contribution is 2.37. The molecule has 0 bridgehead atoms. The summed E-state index contributed by atoms with van der Waals surface area (Å²) in [4.78, 5) is 15.9. The molecule has 0 saturated carbocycles. The Hall–Kier alpha value is -3.68. The molecule has 0 N–H and O–H groups in total. The van der Waals surface area contributed by atoms with Crippen molar-refractivity contribution in [3.05, 3.63) is 95.8 Å². The van der Waals surface area contributed by atoms with Crippen LogP contribution in [-0.4, -0.2) is 19.9 Å². The Morgan fingerprint density at radius 1 is 0.647 bits per heavy atom. The number of rotatable bonds is 7. The second-order valence-corrected chi connectivity index (χ2v) is 8.20. The van der Waals surface area contributed by atoms with Gasteiger partial charge in [0.25, 0.3) is 0 Å². The molecule has 0 fully saturated rings. The first-order chi connectivity index (χ1) is 16.3. The average Bonchev–Trinajstić information content (AvgIpc) is 2.82. The molecule has 0 aliphatic carbocycles. The molecular weight excluding hydrogens is 444 g/mol. The molecular formula is C26H22F4N4. The van der Waals surface area contributed by atoms with Gasteiger partial charge in [-0.2, -0.15) is 27.5 Å². The van der Waals surface area contributed by atoms with E-state index in [2.05, 4.69) is 26.9 Å². The van der Waals surface area contributed by atoms with Gasteiger partial charge in [-0.3, -0.25) is 9.97 Å². The first kappa shape index (κ1) is 23.5. The van der Waals surface area contributed by atoms with E-state index in [1.165, 1.54) is 12.1 Å². The van der Waals surface area contributed by atoms with Gasteiger partial charge in [0.1, 0.15) is 0 Å². The van der Waals surface area contributed by atoms with E-state index in [9.17, 15) is 17.6 Å². The molecule has 0 aliphatic rings. The van der Waals surface area contributed by atoms with Gasteiger partial charge in [0.2, 0.25) is 23.8 Å². The molecule has 0 saturated heterocycles. The summed E-state index contributed by atoms with van der Waals surface area (Å²) in [5.41, 5.74) is 1.36. The molecule has 34 heavy (non-hydrogen) atoms.